The number of carbonyl (C=O) groups is 1. The van der Waals surface area contributed by atoms with E-state index >= 15 is 0 Å². The van der Waals surface area contributed by atoms with Crippen LogP contribution in [0.2, 0.25) is 0 Å². The Balaban J connectivity index is 2.05. The topological polar surface area (TPSA) is 50.2 Å². The van der Waals surface area contributed by atoms with E-state index in [1.54, 1.807) is 10.7 Å². The molecule has 1 aliphatic rings. The van der Waals surface area contributed by atoms with Crippen LogP contribution < -0.4 is 5.32 Å². The molecule has 0 aliphatic carbocycles. The zero-order valence-corrected chi connectivity index (χ0v) is 12.1. The number of nitrogens with zero attached hydrogens (tertiary/aromatic N) is 3. The molecule has 0 aromatic carbocycles. The summed E-state index contributed by atoms with van der Waals surface area (Å²) < 4.78 is 1.68. The van der Waals surface area contributed by atoms with E-state index in [1.165, 1.54) is 6.42 Å². The van der Waals surface area contributed by atoms with Crippen molar-refractivity contribution in [2.45, 2.75) is 32.7 Å². The zero-order chi connectivity index (χ0) is 13.8. The number of aryl methyl sites for hydroxylation is 1. The maximum atomic E-state index is 12.5. The fraction of sp³-hybridized carbons (Fsp3) is 0.714. The van der Waals surface area contributed by atoms with Crippen LogP contribution in [0.4, 0.5) is 0 Å². The smallest absolute Gasteiger partial charge is 0.274 e. The minimum atomic E-state index is 0.0444. The second-order valence-electron chi connectivity index (χ2n) is 5.77. The van der Waals surface area contributed by atoms with Gasteiger partial charge in [0.25, 0.3) is 5.91 Å². The summed E-state index contributed by atoms with van der Waals surface area (Å²) in [6.45, 7) is 6.92. The molecular formula is C14H24N4O. The maximum Gasteiger partial charge on any atom is 0.274 e. The Morgan fingerprint density at radius 1 is 1.63 bits per heavy atom. The summed E-state index contributed by atoms with van der Waals surface area (Å²) in [6, 6.07) is 2.23. The highest BCUT2D eigenvalue weighted by Crippen LogP contribution is 2.11. The van der Waals surface area contributed by atoms with Crippen molar-refractivity contribution in [2.24, 2.45) is 13.0 Å². The van der Waals surface area contributed by atoms with Gasteiger partial charge >= 0.3 is 0 Å². The fourth-order valence-corrected chi connectivity index (χ4v) is 2.55. The number of hydrogen-bond acceptors (Lipinski definition) is 3. The molecule has 0 saturated carbocycles. The molecule has 2 rings (SSSR count). The Morgan fingerprint density at radius 2 is 2.42 bits per heavy atom. The van der Waals surface area contributed by atoms with Gasteiger partial charge in [-0.15, -0.1) is 0 Å². The highest BCUT2D eigenvalue weighted by molar-refractivity contribution is 5.92. The van der Waals surface area contributed by atoms with E-state index in [9.17, 15) is 4.79 Å². The van der Waals surface area contributed by atoms with Crippen molar-refractivity contribution in [3.63, 3.8) is 0 Å². The highest BCUT2D eigenvalue weighted by Gasteiger charge is 2.24. The van der Waals surface area contributed by atoms with Crippen molar-refractivity contribution < 1.29 is 4.79 Å². The lowest BCUT2D eigenvalue weighted by molar-refractivity contribution is 0.0714. The number of carbonyl (C=O) groups excluding carboxylic acids is 1. The van der Waals surface area contributed by atoms with Crippen LogP contribution in [0.1, 0.15) is 37.2 Å². The molecule has 1 unspecified atom stereocenters. The Morgan fingerprint density at radius 3 is 2.95 bits per heavy atom. The minimum absolute atomic E-state index is 0.0444. The largest absolute Gasteiger partial charge is 0.335 e. The number of hydrogen-bond donors (Lipinski definition) is 1. The standard InChI is InChI=1S/C14H24N4O/c1-11(2)9-18(10-12-5-4-7-15-12)14(19)13-6-8-17(3)16-13/h6,8,11-12,15H,4-5,7,9-10H2,1-3H3. The van der Waals surface area contributed by atoms with Gasteiger partial charge in [0.05, 0.1) is 0 Å². The summed E-state index contributed by atoms with van der Waals surface area (Å²) in [6.07, 6.45) is 4.18. The summed E-state index contributed by atoms with van der Waals surface area (Å²) in [5, 5.41) is 7.67. The van der Waals surface area contributed by atoms with Crippen LogP contribution in [0.15, 0.2) is 12.3 Å². The van der Waals surface area contributed by atoms with Crippen LogP contribution in [-0.4, -0.2) is 46.3 Å². The summed E-state index contributed by atoms with van der Waals surface area (Å²) in [5.74, 6) is 0.511. The highest BCUT2D eigenvalue weighted by atomic mass is 16.2. The molecule has 1 aromatic heterocycles. The Bertz CT molecular complexity index is 421. The summed E-state index contributed by atoms with van der Waals surface area (Å²) in [7, 11) is 1.84. The molecule has 0 radical (unpaired) electrons. The van der Waals surface area contributed by atoms with E-state index in [0.717, 1.165) is 26.1 Å². The number of rotatable bonds is 5. The predicted molar refractivity (Wildman–Crippen MR) is 75.0 cm³/mol. The third kappa shape index (κ3) is 3.80. The van der Waals surface area contributed by atoms with Gasteiger partial charge in [-0.2, -0.15) is 5.10 Å². The molecule has 2 heterocycles. The molecule has 0 bridgehead atoms. The second-order valence-corrected chi connectivity index (χ2v) is 5.77. The Kier molecular flexibility index (Phi) is 4.58. The van der Waals surface area contributed by atoms with Crippen LogP contribution in [0, 0.1) is 5.92 Å². The van der Waals surface area contributed by atoms with E-state index in [0.29, 0.717) is 17.7 Å². The van der Waals surface area contributed by atoms with Gasteiger partial charge in [0.15, 0.2) is 0 Å². The molecule has 5 nitrogen and oxygen atoms in total. The van der Waals surface area contributed by atoms with Crippen LogP contribution in [0.5, 0.6) is 0 Å². The average molecular weight is 264 g/mol. The van der Waals surface area contributed by atoms with E-state index in [2.05, 4.69) is 24.3 Å². The maximum absolute atomic E-state index is 12.5. The molecule has 106 valence electrons. The van der Waals surface area contributed by atoms with Gasteiger partial charge in [-0.25, -0.2) is 0 Å². The third-order valence-electron chi connectivity index (χ3n) is 3.41. The van der Waals surface area contributed by atoms with Crippen molar-refractivity contribution in [3.05, 3.63) is 18.0 Å². The van der Waals surface area contributed by atoms with Crippen LogP contribution in [0.25, 0.3) is 0 Å². The van der Waals surface area contributed by atoms with Crippen molar-refractivity contribution in [1.82, 2.24) is 20.0 Å². The van der Waals surface area contributed by atoms with Crippen molar-refractivity contribution >= 4 is 5.91 Å². The van der Waals surface area contributed by atoms with Gasteiger partial charge < -0.3 is 10.2 Å². The van der Waals surface area contributed by atoms with E-state index < -0.39 is 0 Å². The van der Waals surface area contributed by atoms with Gasteiger partial charge in [-0.3, -0.25) is 9.48 Å². The predicted octanol–water partition coefficient (Wildman–Crippen LogP) is 1.27. The number of amides is 1. The summed E-state index contributed by atoms with van der Waals surface area (Å²) in [4.78, 5) is 14.4. The molecule has 0 spiro atoms. The zero-order valence-electron chi connectivity index (χ0n) is 12.1. The van der Waals surface area contributed by atoms with Crippen LogP contribution in [0.3, 0.4) is 0 Å². The number of nitrogens with one attached hydrogen (secondary N) is 1. The molecule has 19 heavy (non-hydrogen) atoms. The fourth-order valence-electron chi connectivity index (χ4n) is 2.55. The Labute approximate surface area is 115 Å². The lowest BCUT2D eigenvalue weighted by Gasteiger charge is -2.26. The monoisotopic (exact) mass is 264 g/mol. The first kappa shape index (κ1) is 14.1. The first-order valence-corrected chi connectivity index (χ1v) is 7.08. The molecule has 1 amide bonds. The first-order chi connectivity index (χ1) is 9.06. The molecule has 1 fully saturated rings. The first-order valence-electron chi connectivity index (χ1n) is 7.08. The van der Waals surface area contributed by atoms with Gasteiger partial charge in [0.2, 0.25) is 0 Å². The van der Waals surface area contributed by atoms with Gasteiger partial charge in [-0.1, -0.05) is 13.8 Å². The molecule has 5 heteroatoms. The lowest BCUT2D eigenvalue weighted by Crippen LogP contribution is -2.43. The Hall–Kier alpha value is -1.36. The van der Waals surface area contributed by atoms with Gasteiger partial charge in [0.1, 0.15) is 5.69 Å². The van der Waals surface area contributed by atoms with E-state index in [-0.39, 0.29) is 5.91 Å². The minimum Gasteiger partial charge on any atom is -0.335 e. The molecule has 1 aromatic rings. The molecule has 1 N–H and O–H groups in total. The quantitative estimate of drug-likeness (QED) is 0.871. The average Bonchev–Trinajstić information content (AvgIpc) is 2.98. The second kappa shape index (κ2) is 6.19. The lowest BCUT2D eigenvalue weighted by atomic mass is 10.1. The van der Waals surface area contributed by atoms with Crippen molar-refractivity contribution in [1.29, 1.82) is 0 Å². The van der Waals surface area contributed by atoms with E-state index in [1.807, 2.05) is 18.1 Å². The molecule has 1 aliphatic heterocycles. The van der Waals surface area contributed by atoms with Crippen molar-refractivity contribution in [2.75, 3.05) is 19.6 Å². The van der Waals surface area contributed by atoms with Crippen molar-refractivity contribution in [3.8, 4) is 0 Å². The third-order valence-corrected chi connectivity index (χ3v) is 3.41. The summed E-state index contributed by atoms with van der Waals surface area (Å²) >= 11 is 0. The summed E-state index contributed by atoms with van der Waals surface area (Å²) in [5.41, 5.74) is 0.543. The number of aromatic nitrogens is 2. The SMILES string of the molecule is CC(C)CN(CC1CCCN1)C(=O)c1ccn(C)n1. The molecule has 1 atom stereocenters. The van der Waals surface area contributed by atoms with Crippen LogP contribution in [-0.2, 0) is 7.05 Å². The van der Waals surface area contributed by atoms with E-state index in [4.69, 9.17) is 0 Å². The van der Waals surface area contributed by atoms with Gasteiger partial charge in [0, 0.05) is 32.4 Å². The molecule has 1 saturated heterocycles. The normalized spacial score (nSPS) is 19.1. The van der Waals surface area contributed by atoms with Gasteiger partial charge in [-0.05, 0) is 31.4 Å². The molecular weight excluding hydrogens is 240 g/mol. The van der Waals surface area contributed by atoms with Crippen LogP contribution >= 0.6 is 0 Å².